The first-order valence-corrected chi connectivity index (χ1v) is 7.89. The lowest BCUT2D eigenvalue weighted by atomic mass is 9.73. The van der Waals surface area contributed by atoms with Gasteiger partial charge < -0.3 is 4.90 Å². The van der Waals surface area contributed by atoms with Crippen LogP contribution in [-0.4, -0.2) is 23.8 Å². The molecular weight excluding hydrogens is 248 g/mol. The molecule has 0 bridgehead atoms. The number of nitrogens with zero attached hydrogens (tertiary/aromatic N) is 4. The van der Waals surface area contributed by atoms with E-state index in [2.05, 4.69) is 22.9 Å². The molecule has 0 N–H and O–H groups in total. The molecule has 1 aliphatic carbocycles. The largest absolute Gasteiger partial charge is 0.358 e. The third kappa shape index (κ3) is 3.31. The smallest absolute Gasteiger partial charge is 0.207 e. The Balaban J connectivity index is 2.19. The van der Waals surface area contributed by atoms with E-state index >= 15 is 0 Å². The number of hydrogen-bond donors (Lipinski definition) is 0. The summed E-state index contributed by atoms with van der Waals surface area (Å²) in [6, 6.07) is 2.46. The van der Waals surface area contributed by atoms with Gasteiger partial charge in [0, 0.05) is 13.1 Å². The summed E-state index contributed by atoms with van der Waals surface area (Å²) in [4.78, 5) is 6.24. The molecule has 4 nitrogen and oxygen atoms in total. The Bertz CT molecular complexity index is 423. The van der Waals surface area contributed by atoms with Gasteiger partial charge >= 0.3 is 0 Å². The fraction of sp³-hybridized carbons (Fsp3) is 0.812. The highest BCUT2D eigenvalue weighted by atomic mass is 15.2. The second-order valence-corrected chi connectivity index (χ2v) is 6.15. The van der Waals surface area contributed by atoms with Crippen LogP contribution in [0.25, 0.3) is 0 Å². The van der Waals surface area contributed by atoms with E-state index in [4.69, 9.17) is 5.26 Å². The first-order valence-electron chi connectivity index (χ1n) is 7.89. The van der Waals surface area contributed by atoms with Crippen molar-refractivity contribution in [3.05, 3.63) is 0 Å². The van der Waals surface area contributed by atoms with Crippen LogP contribution in [0.15, 0.2) is 4.99 Å². The van der Waals surface area contributed by atoms with Crippen LogP contribution in [0.4, 0.5) is 0 Å². The number of nitriles is 2. The third-order valence-electron chi connectivity index (χ3n) is 4.87. The third-order valence-corrected chi connectivity index (χ3v) is 4.87. The summed E-state index contributed by atoms with van der Waals surface area (Å²) < 4.78 is 0. The monoisotopic (exact) mass is 272 g/mol. The van der Waals surface area contributed by atoms with Crippen LogP contribution in [0, 0.1) is 40.5 Å². The first-order chi connectivity index (χ1) is 9.77. The van der Waals surface area contributed by atoms with E-state index in [1.54, 1.807) is 0 Å². The Morgan fingerprint density at radius 1 is 1.10 bits per heavy atom. The summed E-state index contributed by atoms with van der Waals surface area (Å²) >= 11 is 0. The summed E-state index contributed by atoms with van der Waals surface area (Å²) in [6.07, 6.45) is 10.2. The van der Waals surface area contributed by atoms with E-state index in [0.29, 0.717) is 11.8 Å². The highest BCUT2D eigenvalue weighted by Gasteiger charge is 2.35. The van der Waals surface area contributed by atoms with Gasteiger partial charge in [0.15, 0.2) is 0 Å². The minimum absolute atomic E-state index is 0.206. The molecule has 3 unspecified atom stereocenters. The van der Waals surface area contributed by atoms with Gasteiger partial charge in [0.25, 0.3) is 0 Å². The van der Waals surface area contributed by atoms with Crippen LogP contribution in [0.2, 0.25) is 0 Å². The topological polar surface area (TPSA) is 63.2 Å². The highest BCUT2D eigenvalue weighted by molar-refractivity contribution is 5.88. The van der Waals surface area contributed by atoms with Gasteiger partial charge in [-0.05, 0) is 37.5 Å². The van der Waals surface area contributed by atoms with E-state index in [9.17, 15) is 5.26 Å². The predicted molar refractivity (Wildman–Crippen MR) is 78.7 cm³/mol. The normalized spacial score (nSPS) is 29.4. The molecule has 0 radical (unpaired) electrons. The van der Waals surface area contributed by atoms with E-state index in [-0.39, 0.29) is 5.92 Å². The van der Waals surface area contributed by atoms with E-state index in [1.165, 1.54) is 25.7 Å². The van der Waals surface area contributed by atoms with Crippen LogP contribution in [0.1, 0.15) is 51.9 Å². The molecule has 4 heteroatoms. The van der Waals surface area contributed by atoms with Crippen molar-refractivity contribution < 1.29 is 0 Å². The Hall–Kier alpha value is -1.55. The van der Waals surface area contributed by atoms with Gasteiger partial charge in [-0.3, -0.25) is 0 Å². The highest BCUT2D eigenvalue weighted by Crippen LogP contribution is 2.36. The molecule has 0 aromatic carbocycles. The van der Waals surface area contributed by atoms with Crippen molar-refractivity contribution in [2.24, 2.45) is 22.7 Å². The van der Waals surface area contributed by atoms with Gasteiger partial charge in [-0.2, -0.15) is 15.5 Å². The maximum Gasteiger partial charge on any atom is 0.207 e. The fourth-order valence-corrected chi connectivity index (χ4v) is 3.70. The molecule has 2 rings (SSSR count). The van der Waals surface area contributed by atoms with Crippen molar-refractivity contribution >= 4 is 5.84 Å². The minimum atomic E-state index is -0.206. The zero-order valence-corrected chi connectivity index (χ0v) is 12.4. The summed E-state index contributed by atoms with van der Waals surface area (Å²) in [6.45, 7) is 4.13. The van der Waals surface area contributed by atoms with E-state index in [1.807, 2.05) is 6.19 Å². The van der Waals surface area contributed by atoms with Crippen molar-refractivity contribution in [1.82, 2.24) is 4.90 Å². The van der Waals surface area contributed by atoms with Gasteiger partial charge in [0.1, 0.15) is 11.8 Å². The molecular formula is C16H24N4. The van der Waals surface area contributed by atoms with Crippen molar-refractivity contribution in [2.75, 3.05) is 13.1 Å². The Morgan fingerprint density at radius 3 is 2.40 bits per heavy atom. The van der Waals surface area contributed by atoms with Crippen LogP contribution in [0.3, 0.4) is 0 Å². The lowest BCUT2D eigenvalue weighted by Gasteiger charge is -2.37. The standard InChI is InChI=1S/C16H24N4/c1-13-7-3-4-8-14(13)15(11-17)16(19-12-18)20-9-5-2-6-10-20/h13-15H,2-10H2,1H3/b19-16-. The molecule has 2 aliphatic rings. The Labute approximate surface area is 122 Å². The first kappa shape index (κ1) is 14.9. The summed E-state index contributed by atoms with van der Waals surface area (Å²) in [7, 11) is 0. The van der Waals surface area contributed by atoms with Gasteiger partial charge in [-0.1, -0.05) is 26.2 Å². The molecule has 3 atom stereocenters. The number of likely N-dealkylation sites (tertiary alicyclic amines) is 1. The summed E-state index contributed by atoms with van der Waals surface area (Å²) in [5, 5.41) is 18.7. The van der Waals surface area contributed by atoms with Gasteiger partial charge in [0.2, 0.25) is 6.19 Å². The second-order valence-electron chi connectivity index (χ2n) is 6.15. The molecule has 0 aromatic rings. The Kier molecular flexibility index (Phi) is 5.41. The molecule has 1 aliphatic heterocycles. The number of rotatable bonds is 2. The maximum atomic E-state index is 9.66. The van der Waals surface area contributed by atoms with Crippen molar-refractivity contribution in [2.45, 2.75) is 51.9 Å². The SMILES string of the molecule is CC1CCCCC1C(C#N)/C(=N/C#N)N1CCCCC1. The van der Waals surface area contributed by atoms with Crippen molar-refractivity contribution in [3.63, 3.8) is 0 Å². The molecule has 1 saturated heterocycles. The van der Waals surface area contributed by atoms with Gasteiger partial charge in [-0.15, -0.1) is 0 Å². The molecule has 0 amide bonds. The summed E-state index contributed by atoms with van der Waals surface area (Å²) in [5.74, 6) is 1.46. The number of piperidine rings is 1. The Morgan fingerprint density at radius 2 is 1.80 bits per heavy atom. The molecule has 108 valence electrons. The lowest BCUT2D eigenvalue weighted by Crippen LogP contribution is -2.43. The van der Waals surface area contributed by atoms with Crippen molar-refractivity contribution in [3.8, 4) is 12.3 Å². The zero-order chi connectivity index (χ0) is 14.4. The zero-order valence-electron chi connectivity index (χ0n) is 12.4. The average Bonchev–Trinajstić information content (AvgIpc) is 2.50. The van der Waals surface area contributed by atoms with E-state index in [0.717, 1.165) is 38.2 Å². The molecule has 2 fully saturated rings. The van der Waals surface area contributed by atoms with Crippen molar-refractivity contribution in [1.29, 1.82) is 10.5 Å². The number of aliphatic imine (C=N–C) groups is 1. The lowest BCUT2D eigenvalue weighted by molar-refractivity contribution is 0.221. The predicted octanol–water partition coefficient (Wildman–Crippen LogP) is 3.32. The van der Waals surface area contributed by atoms with Crippen LogP contribution in [-0.2, 0) is 0 Å². The average molecular weight is 272 g/mol. The second kappa shape index (κ2) is 7.29. The van der Waals surface area contributed by atoms with E-state index < -0.39 is 0 Å². The molecule has 20 heavy (non-hydrogen) atoms. The number of hydrogen-bond acceptors (Lipinski definition) is 3. The van der Waals surface area contributed by atoms with Crippen LogP contribution >= 0.6 is 0 Å². The summed E-state index contributed by atoms with van der Waals surface area (Å²) in [5.41, 5.74) is 0. The quantitative estimate of drug-likeness (QED) is 0.440. The maximum absolute atomic E-state index is 9.66. The molecule has 0 aromatic heterocycles. The van der Waals surface area contributed by atoms with Gasteiger partial charge in [0.05, 0.1) is 6.07 Å². The van der Waals surface area contributed by atoms with Crippen LogP contribution in [0.5, 0.6) is 0 Å². The van der Waals surface area contributed by atoms with Crippen LogP contribution < -0.4 is 0 Å². The molecule has 1 heterocycles. The fourth-order valence-electron chi connectivity index (χ4n) is 3.70. The molecule has 1 saturated carbocycles. The van der Waals surface area contributed by atoms with Gasteiger partial charge in [-0.25, -0.2) is 0 Å². The molecule has 0 spiro atoms. The minimum Gasteiger partial charge on any atom is -0.358 e. The number of amidine groups is 1.